The fraction of sp³-hybridized carbons (Fsp3) is 0.0625. The Morgan fingerprint density at radius 1 is 1.14 bits per heavy atom. The zero-order chi connectivity index (χ0) is 15.0. The number of carbonyl (C=O) groups is 1. The smallest absolute Gasteiger partial charge is 0.177 e. The molecule has 2 N–H and O–H groups in total. The van der Waals surface area contributed by atoms with Crippen LogP contribution in [0.2, 0.25) is 0 Å². The van der Waals surface area contributed by atoms with Crippen LogP contribution in [0.15, 0.2) is 40.8 Å². The summed E-state index contributed by atoms with van der Waals surface area (Å²) in [7, 11) is 1.46. The topological polar surface area (TPSA) is 79.9 Å². The van der Waals surface area contributed by atoms with E-state index < -0.39 is 0 Å². The van der Waals surface area contributed by atoms with Crippen LogP contribution in [-0.2, 0) is 0 Å². The molecule has 0 radical (unpaired) electrons. The second-order valence-corrected chi connectivity index (χ2v) is 4.53. The highest BCUT2D eigenvalue weighted by molar-refractivity contribution is 6.02. The quantitative estimate of drug-likeness (QED) is 0.721. The first kappa shape index (κ1) is 13.1. The molecule has 0 aliphatic carbocycles. The van der Waals surface area contributed by atoms with E-state index in [1.807, 2.05) is 0 Å². The van der Waals surface area contributed by atoms with Gasteiger partial charge in [0.2, 0.25) is 0 Å². The Bertz CT molecular complexity index is 815. The number of phenols is 2. The molecular weight excluding hydrogens is 272 g/mol. The molecular formula is C16H12O5. The summed E-state index contributed by atoms with van der Waals surface area (Å²) >= 11 is 0. The molecule has 0 atom stereocenters. The molecule has 0 amide bonds. The van der Waals surface area contributed by atoms with Gasteiger partial charge in [0.25, 0.3) is 0 Å². The van der Waals surface area contributed by atoms with E-state index in [2.05, 4.69) is 0 Å². The Morgan fingerprint density at radius 2 is 1.86 bits per heavy atom. The predicted molar refractivity (Wildman–Crippen MR) is 76.9 cm³/mol. The van der Waals surface area contributed by atoms with Crippen LogP contribution in [0.3, 0.4) is 0 Å². The number of fused-ring (bicyclic) bond motifs is 1. The maximum Gasteiger partial charge on any atom is 0.177 e. The molecule has 0 aliphatic heterocycles. The monoisotopic (exact) mass is 284 g/mol. The van der Waals surface area contributed by atoms with E-state index in [9.17, 15) is 15.0 Å². The van der Waals surface area contributed by atoms with E-state index in [1.165, 1.54) is 25.3 Å². The van der Waals surface area contributed by atoms with Gasteiger partial charge in [-0.25, -0.2) is 0 Å². The molecule has 0 saturated heterocycles. The molecule has 0 aliphatic rings. The summed E-state index contributed by atoms with van der Waals surface area (Å²) in [5, 5.41) is 19.6. The van der Waals surface area contributed by atoms with Crippen LogP contribution in [0.25, 0.3) is 22.3 Å². The van der Waals surface area contributed by atoms with Gasteiger partial charge in [-0.15, -0.1) is 0 Å². The summed E-state index contributed by atoms with van der Waals surface area (Å²) in [4.78, 5) is 11.2. The molecule has 21 heavy (non-hydrogen) atoms. The molecule has 0 unspecified atom stereocenters. The van der Waals surface area contributed by atoms with Crippen molar-refractivity contribution >= 4 is 17.3 Å². The van der Waals surface area contributed by atoms with Gasteiger partial charge in [-0.05, 0) is 30.3 Å². The van der Waals surface area contributed by atoms with Crippen molar-refractivity contribution in [3.05, 3.63) is 42.0 Å². The number of carbonyl (C=O) groups excluding carboxylic acids is 1. The lowest BCUT2D eigenvalue weighted by atomic mass is 10.1. The summed E-state index contributed by atoms with van der Waals surface area (Å²) in [6.07, 6.45) is 0.577. The fourth-order valence-electron chi connectivity index (χ4n) is 2.22. The van der Waals surface area contributed by atoms with Gasteiger partial charge in [0, 0.05) is 17.0 Å². The van der Waals surface area contributed by atoms with Gasteiger partial charge in [0.15, 0.2) is 17.6 Å². The Kier molecular flexibility index (Phi) is 3.02. The molecule has 2 aromatic carbocycles. The molecule has 3 aromatic rings. The van der Waals surface area contributed by atoms with Crippen LogP contribution in [-0.4, -0.2) is 23.6 Å². The molecule has 0 bridgehead atoms. The van der Waals surface area contributed by atoms with Gasteiger partial charge < -0.3 is 19.4 Å². The Labute approximate surface area is 120 Å². The number of aldehydes is 1. The molecule has 0 fully saturated rings. The number of ether oxygens (including phenoxy) is 1. The van der Waals surface area contributed by atoms with Crippen molar-refractivity contribution in [3.63, 3.8) is 0 Å². The van der Waals surface area contributed by atoms with E-state index in [-0.39, 0.29) is 17.1 Å². The molecule has 5 nitrogen and oxygen atoms in total. The molecule has 3 rings (SSSR count). The van der Waals surface area contributed by atoms with Gasteiger partial charge in [0.1, 0.15) is 17.3 Å². The van der Waals surface area contributed by atoms with Gasteiger partial charge in [-0.3, -0.25) is 4.79 Å². The van der Waals surface area contributed by atoms with E-state index in [4.69, 9.17) is 9.15 Å². The first-order valence-corrected chi connectivity index (χ1v) is 6.22. The van der Waals surface area contributed by atoms with Gasteiger partial charge in [0.05, 0.1) is 12.7 Å². The highest BCUT2D eigenvalue weighted by Gasteiger charge is 2.17. The predicted octanol–water partition coefficient (Wildman–Crippen LogP) is 3.33. The first-order chi connectivity index (χ1) is 10.1. The number of rotatable bonds is 3. The summed E-state index contributed by atoms with van der Waals surface area (Å²) < 4.78 is 10.9. The number of hydrogen-bond donors (Lipinski definition) is 2. The Morgan fingerprint density at radius 3 is 2.48 bits per heavy atom. The second kappa shape index (κ2) is 4.86. The minimum Gasteiger partial charge on any atom is -0.508 e. The molecule has 1 heterocycles. The maximum atomic E-state index is 11.2. The lowest BCUT2D eigenvalue weighted by molar-refractivity contribution is 0.112. The maximum absolute atomic E-state index is 11.2. The Balaban J connectivity index is 2.27. The van der Waals surface area contributed by atoms with E-state index in [0.717, 1.165) is 5.56 Å². The van der Waals surface area contributed by atoms with Crippen LogP contribution < -0.4 is 4.74 Å². The van der Waals surface area contributed by atoms with Crippen LogP contribution >= 0.6 is 0 Å². The number of benzene rings is 2. The van der Waals surface area contributed by atoms with Crippen LogP contribution in [0.5, 0.6) is 17.2 Å². The van der Waals surface area contributed by atoms with Crippen molar-refractivity contribution in [2.24, 2.45) is 0 Å². The highest BCUT2D eigenvalue weighted by atomic mass is 16.5. The number of furan rings is 1. The zero-order valence-corrected chi connectivity index (χ0v) is 11.2. The van der Waals surface area contributed by atoms with E-state index in [0.29, 0.717) is 28.8 Å². The van der Waals surface area contributed by atoms with Crippen LogP contribution in [0, 0.1) is 0 Å². The number of methoxy groups -OCH3 is 1. The molecule has 1 aromatic heterocycles. The normalized spacial score (nSPS) is 10.7. The number of aromatic hydroxyl groups is 2. The summed E-state index contributed by atoms with van der Waals surface area (Å²) in [5.74, 6) is 0.848. The third-order valence-electron chi connectivity index (χ3n) is 3.28. The minimum absolute atomic E-state index is 0.152. The number of phenolic OH excluding ortho intramolecular Hbond substituents is 2. The van der Waals surface area contributed by atoms with Crippen molar-refractivity contribution in [3.8, 4) is 28.6 Å². The molecule has 106 valence electrons. The highest BCUT2D eigenvalue weighted by Crippen LogP contribution is 2.39. The summed E-state index contributed by atoms with van der Waals surface area (Å²) in [6.45, 7) is 0. The van der Waals surface area contributed by atoms with Crippen molar-refractivity contribution in [2.45, 2.75) is 0 Å². The van der Waals surface area contributed by atoms with E-state index >= 15 is 0 Å². The SMILES string of the molecule is COc1cc(O)c(C=O)c2cc(-c3ccc(O)cc3)oc12. The van der Waals surface area contributed by atoms with Gasteiger partial charge in [-0.1, -0.05) is 0 Å². The zero-order valence-electron chi connectivity index (χ0n) is 11.2. The van der Waals surface area contributed by atoms with Gasteiger partial charge >= 0.3 is 0 Å². The van der Waals surface area contributed by atoms with Gasteiger partial charge in [-0.2, -0.15) is 0 Å². The largest absolute Gasteiger partial charge is 0.508 e. The van der Waals surface area contributed by atoms with Crippen molar-refractivity contribution in [1.82, 2.24) is 0 Å². The third-order valence-corrected chi connectivity index (χ3v) is 3.28. The molecule has 5 heteroatoms. The Hall–Kier alpha value is -2.95. The lowest BCUT2D eigenvalue weighted by Gasteiger charge is -2.04. The average molecular weight is 284 g/mol. The van der Waals surface area contributed by atoms with Crippen molar-refractivity contribution < 1.29 is 24.2 Å². The first-order valence-electron chi connectivity index (χ1n) is 6.22. The van der Waals surface area contributed by atoms with Crippen molar-refractivity contribution in [1.29, 1.82) is 0 Å². The molecule has 0 saturated carbocycles. The average Bonchev–Trinajstić information content (AvgIpc) is 2.92. The van der Waals surface area contributed by atoms with E-state index in [1.54, 1.807) is 18.2 Å². The number of hydrogen-bond acceptors (Lipinski definition) is 5. The standard InChI is InChI=1S/C16H12O5/c1-20-15-7-13(19)12(8-17)11-6-14(21-16(11)15)9-2-4-10(18)5-3-9/h2-8,18-19H,1H3. The fourth-order valence-corrected chi connectivity index (χ4v) is 2.22. The second-order valence-electron chi connectivity index (χ2n) is 4.53. The summed E-state index contributed by atoms with van der Waals surface area (Å²) in [6, 6.07) is 9.47. The van der Waals surface area contributed by atoms with Crippen molar-refractivity contribution in [2.75, 3.05) is 7.11 Å². The van der Waals surface area contributed by atoms with Crippen LogP contribution in [0.1, 0.15) is 10.4 Å². The lowest BCUT2D eigenvalue weighted by Crippen LogP contribution is -1.87. The molecule has 0 spiro atoms. The minimum atomic E-state index is -0.160. The summed E-state index contributed by atoms with van der Waals surface area (Å²) in [5.41, 5.74) is 1.28. The third kappa shape index (κ3) is 2.08. The van der Waals surface area contributed by atoms with Crippen LogP contribution in [0.4, 0.5) is 0 Å².